The van der Waals surface area contributed by atoms with E-state index in [1.54, 1.807) is 58.9 Å². The number of rotatable bonds is 12. The van der Waals surface area contributed by atoms with Crippen LogP contribution in [0.4, 0.5) is 36.8 Å². The lowest BCUT2D eigenvalue weighted by Crippen LogP contribution is -2.54. The molecule has 0 bridgehead atoms. The van der Waals surface area contributed by atoms with Crippen LogP contribution in [-0.4, -0.2) is 35.6 Å². The second kappa shape index (κ2) is 16.1. The molecular formula is C35H39F6N3O5. The van der Waals surface area contributed by atoms with E-state index in [0.29, 0.717) is 30.1 Å². The van der Waals surface area contributed by atoms with E-state index >= 15 is 0 Å². The van der Waals surface area contributed by atoms with Crippen molar-refractivity contribution in [1.29, 1.82) is 0 Å². The Hall–Kier alpha value is -4.75. The van der Waals surface area contributed by atoms with Crippen molar-refractivity contribution in [3.05, 3.63) is 95.1 Å². The van der Waals surface area contributed by atoms with Crippen molar-refractivity contribution in [1.82, 2.24) is 10.6 Å². The van der Waals surface area contributed by atoms with Gasteiger partial charge in [0.15, 0.2) is 0 Å². The number of benzene rings is 3. The third-order valence-electron chi connectivity index (χ3n) is 6.79. The normalized spacial score (nSPS) is 13.3. The zero-order valence-electron chi connectivity index (χ0n) is 27.6. The number of amides is 3. The molecule has 0 fully saturated rings. The SMILES string of the molecule is CC(C)CC(NC(=O)Nc1cc(C(F)(F)F)cc(C(F)(F)F)c1)C(=O)NC(Cc1ccc(OCc2ccccc2)cc1)C(=O)OC(C)(C)C. The van der Waals surface area contributed by atoms with Crippen molar-refractivity contribution in [3.63, 3.8) is 0 Å². The van der Waals surface area contributed by atoms with Crippen molar-refractivity contribution >= 4 is 23.6 Å². The quantitative estimate of drug-likeness (QED) is 0.132. The molecular weight excluding hydrogens is 656 g/mol. The fourth-order valence-corrected chi connectivity index (χ4v) is 4.59. The molecule has 0 spiro atoms. The molecule has 2 unspecified atom stereocenters. The molecule has 0 saturated carbocycles. The summed E-state index contributed by atoms with van der Waals surface area (Å²) in [6.07, 6.45) is -10.2. The van der Waals surface area contributed by atoms with Gasteiger partial charge in [-0.3, -0.25) is 4.79 Å². The van der Waals surface area contributed by atoms with Crippen LogP contribution in [0.5, 0.6) is 5.75 Å². The topological polar surface area (TPSA) is 106 Å². The number of nitrogens with one attached hydrogen (secondary N) is 3. The van der Waals surface area contributed by atoms with Gasteiger partial charge in [0.2, 0.25) is 5.91 Å². The highest BCUT2D eigenvalue weighted by molar-refractivity contribution is 5.95. The summed E-state index contributed by atoms with van der Waals surface area (Å²) in [5.41, 5.74) is -3.33. The second-order valence-electron chi connectivity index (χ2n) is 12.8. The minimum absolute atomic E-state index is 0.00926. The number of ether oxygens (including phenoxy) is 2. The van der Waals surface area contributed by atoms with Gasteiger partial charge >= 0.3 is 24.4 Å². The van der Waals surface area contributed by atoms with Gasteiger partial charge in [-0.05, 0) is 74.6 Å². The lowest BCUT2D eigenvalue weighted by molar-refractivity contribution is -0.158. The molecule has 0 aromatic heterocycles. The third kappa shape index (κ3) is 13.0. The molecule has 0 heterocycles. The van der Waals surface area contributed by atoms with Crippen LogP contribution in [0, 0.1) is 5.92 Å². The van der Waals surface area contributed by atoms with Gasteiger partial charge in [-0.25, -0.2) is 9.59 Å². The summed E-state index contributed by atoms with van der Waals surface area (Å²) in [5, 5.41) is 6.87. The fourth-order valence-electron chi connectivity index (χ4n) is 4.59. The first-order valence-corrected chi connectivity index (χ1v) is 15.4. The van der Waals surface area contributed by atoms with Gasteiger partial charge in [0, 0.05) is 12.1 Å². The molecule has 0 aliphatic heterocycles. The van der Waals surface area contributed by atoms with Crippen LogP contribution in [0.2, 0.25) is 0 Å². The number of anilines is 1. The molecule has 3 rings (SSSR count). The molecule has 49 heavy (non-hydrogen) atoms. The van der Waals surface area contributed by atoms with E-state index in [1.807, 2.05) is 35.6 Å². The van der Waals surface area contributed by atoms with Gasteiger partial charge in [0.1, 0.15) is 30.0 Å². The van der Waals surface area contributed by atoms with Crippen molar-refractivity contribution < 1.29 is 50.2 Å². The molecule has 0 aliphatic rings. The summed E-state index contributed by atoms with van der Waals surface area (Å²) in [7, 11) is 0. The van der Waals surface area contributed by atoms with Crippen LogP contribution in [0.25, 0.3) is 0 Å². The summed E-state index contributed by atoms with van der Waals surface area (Å²) >= 11 is 0. The monoisotopic (exact) mass is 695 g/mol. The van der Waals surface area contributed by atoms with Gasteiger partial charge in [-0.15, -0.1) is 0 Å². The molecule has 14 heteroatoms. The maximum absolute atomic E-state index is 13.5. The zero-order valence-corrected chi connectivity index (χ0v) is 27.6. The Morgan fingerprint density at radius 2 is 1.31 bits per heavy atom. The fraction of sp³-hybridized carbons (Fsp3) is 0.400. The van der Waals surface area contributed by atoms with E-state index in [1.165, 1.54) is 0 Å². The Kier molecular flexibility index (Phi) is 12.7. The van der Waals surface area contributed by atoms with Crippen LogP contribution in [0.3, 0.4) is 0 Å². The molecule has 3 aromatic carbocycles. The Balaban J connectivity index is 1.78. The van der Waals surface area contributed by atoms with Crippen LogP contribution in [0.1, 0.15) is 63.3 Å². The molecule has 3 N–H and O–H groups in total. The van der Waals surface area contributed by atoms with E-state index in [0.717, 1.165) is 5.56 Å². The van der Waals surface area contributed by atoms with Gasteiger partial charge in [0.25, 0.3) is 0 Å². The van der Waals surface area contributed by atoms with Crippen molar-refractivity contribution in [2.75, 3.05) is 5.32 Å². The molecule has 2 atom stereocenters. The predicted octanol–water partition coefficient (Wildman–Crippen LogP) is 7.91. The van der Waals surface area contributed by atoms with E-state index in [9.17, 15) is 40.7 Å². The third-order valence-corrected chi connectivity index (χ3v) is 6.79. The highest BCUT2D eigenvalue weighted by Gasteiger charge is 2.37. The Morgan fingerprint density at radius 3 is 1.82 bits per heavy atom. The number of urea groups is 1. The molecule has 3 aromatic rings. The van der Waals surface area contributed by atoms with Gasteiger partial charge in [-0.1, -0.05) is 56.3 Å². The minimum atomic E-state index is -5.12. The van der Waals surface area contributed by atoms with E-state index < -0.39 is 64.8 Å². The molecule has 0 aliphatic carbocycles. The smallest absolute Gasteiger partial charge is 0.416 e. The van der Waals surface area contributed by atoms with E-state index in [4.69, 9.17) is 9.47 Å². The maximum Gasteiger partial charge on any atom is 0.416 e. The van der Waals surface area contributed by atoms with Crippen molar-refractivity contribution in [2.45, 2.75) is 84.1 Å². The number of carbonyl (C=O) groups excluding carboxylic acids is 3. The molecule has 8 nitrogen and oxygen atoms in total. The predicted molar refractivity (Wildman–Crippen MR) is 171 cm³/mol. The molecule has 266 valence electrons. The second-order valence-corrected chi connectivity index (χ2v) is 12.8. The Morgan fingerprint density at radius 1 is 0.735 bits per heavy atom. The molecule has 0 saturated heterocycles. The van der Waals surface area contributed by atoms with Crippen molar-refractivity contribution in [3.8, 4) is 5.75 Å². The lowest BCUT2D eigenvalue weighted by atomic mass is 10.0. The minimum Gasteiger partial charge on any atom is -0.489 e. The number of esters is 1. The summed E-state index contributed by atoms with van der Waals surface area (Å²) in [4.78, 5) is 39.6. The first-order valence-electron chi connectivity index (χ1n) is 15.4. The van der Waals surface area contributed by atoms with Gasteiger partial charge < -0.3 is 25.4 Å². The number of hydrogen-bond donors (Lipinski definition) is 3. The standard InChI is InChI=1S/C35H39F6N3O5/c1-21(2)15-28(44-32(47)42-26-18-24(34(36,37)38)17-25(19-26)35(39,40)41)30(45)43-29(31(46)49-33(3,4)5)16-22-11-13-27(14-12-22)48-20-23-9-7-6-8-10-23/h6-14,17-19,21,28-29H,15-16,20H2,1-5H3,(H,43,45)(H2,42,44,47). The highest BCUT2D eigenvalue weighted by atomic mass is 19.4. The summed E-state index contributed by atoms with van der Waals surface area (Å²) in [5.74, 6) is -1.21. The number of alkyl halides is 6. The van der Waals surface area contributed by atoms with Crippen molar-refractivity contribution in [2.24, 2.45) is 5.92 Å². The number of hydrogen-bond acceptors (Lipinski definition) is 5. The Bertz CT molecular complexity index is 1540. The van der Waals surface area contributed by atoms with Crippen LogP contribution < -0.4 is 20.7 Å². The average Bonchev–Trinajstić information content (AvgIpc) is 2.98. The molecule has 0 radical (unpaired) electrons. The maximum atomic E-state index is 13.5. The first kappa shape index (κ1) is 38.7. The number of carbonyl (C=O) groups is 3. The molecule has 3 amide bonds. The van der Waals surface area contributed by atoms with Crippen LogP contribution >= 0.6 is 0 Å². The summed E-state index contributed by atoms with van der Waals surface area (Å²) in [6, 6.07) is 13.2. The van der Waals surface area contributed by atoms with Gasteiger partial charge in [-0.2, -0.15) is 26.3 Å². The van der Waals surface area contributed by atoms with Crippen LogP contribution in [-0.2, 0) is 39.7 Å². The zero-order chi connectivity index (χ0) is 36.6. The highest BCUT2D eigenvalue weighted by Crippen LogP contribution is 2.37. The lowest BCUT2D eigenvalue weighted by Gasteiger charge is -2.27. The first-order chi connectivity index (χ1) is 22.7. The van der Waals surface area contributed by atoms with E-state index in [-0.39, 0.29) is 24.8 Å². The average molecular weight is 696 g/mol. The summed E-state index contributed by atoms with van der Waals surface area (Å²) in [6.45, 7) is 8.74. The van der Waals surface area contributed by atoms with Crippen LogP contribution in [0.15, 0.2) is 72.8 Å². The largest absolute Gasteiger partial charge is 0.489 e. The summed E-state index contributed by atoms with van der Waals surface area (Å²) < 4.78 is 91.2. The number of halogens is 6. The Labute approximate surface area is 280 Å². The van der Waals surface area contributed by atoms with Gasteiger partial charge in [0.05, 0.1) is 11.1 Å². The van der Waals surface area contributed by atoms with E-state index in [2.05, 4.69) is 10.6 Å².